The Balaban J connectivity index is 1.72. The molecule has 2 aliphatic rings. The van der Waals surface area contributed by atoms with Crippen LogP contribution in [-0.4, -0.2) is 56.6 Å². The highest BCUT2D eigenvalue weighted by atomic mass is 16.2. The van der Waals surface area contributed by atoms with Crippen LogP contribution < -0.4 is 5.32 Å². The van der Waals surface area contributed by atoms with Crippen LogP contribution in [0.25, 0.3) is 0 Å². The van der Waals surface area contributed by atoms with E-state index in [4.69, 9.17) is 0 Å². The van der Waals surface area contributed by atoms with Crippen molar-refractivity contribution < 1.29 is 14.4 Å². The first-order chi connectivity index (χ1) is 11.0. The molecule has 0 bridgehead atoms. The summed E-state index contributed by atoms with van der Waals surface area (Å²) in [6, 6.07) is 1.26. The third kappa shape index (κ3) is 2.47. The van der Waals surface area contributed by atoms with Crippen molar-refractivity contribution in [3.63, 3.8) is 0 Å². The van der Waals surface area contributed by atoms with Crippen molar-refractivity contribution in [2.24, 2.45) is 7.05 Å². The molecule has 1 aromatic rings. The third-order valence-electron chi connectivity index (χ3n) is 4.87. The largest absolute Gasteiger partial charge is 0.327 e. The van der Waals surface area contributed by atoms with Crippen LogP contribution in [0.5, 0.6) is 0 Å². The van der Waals surface area contributed by atoms with Gasteiger partial charge in [-0.25, -0.2) is 4.79 Å². The number of amides is 4. The van der Waals surface area contributed by atoms with Gasteiger partial charge in [0.05, 0.1) is 6.20 Å². The third-order valence-corrected chi connectivity index (χ3v) is 4.87. The maximum Gasteiger partial charge on any atom is 0.327 e. The Kier molecular flexibility index (Phi) is 3.83. The Morgan fingerprint density at radius 1 is 1.26 bits per heavy atom. The Morgan fingerprint density at radius 3 is 2.57 bits per heavy atom. The number of likely N-dealkylation sites (N-methyl/N-ethyl adjacent to an activating group) is 1. The second kappa shape index (κ2) is 5.68. The van der Waals surface area contributed by atoms with Crippen molar-refractivity contribution in [3.05, 3.63) is 12.3 Å². The number of urea groups is 1. The lowest BCUT2D eigenvalue weighted by molar-refractivity contribution is -0.136. The van der Waals surface area contributed by atoms with Crippen LogP contribution in [0.15, 0.2) is 12.3 Å². The number of aromatic nitrogens is 2. The molecule has 1 saturated heterocycles. The number of anilines is 1. The van der Waals surface area contributed by atoms with Crippen LogP contribution in [-0.2, 0) is 16.6 Å². The quantitative estimate of drug-likeness (QED) is 0.841. The van der Waals surface area contributed by atoms with E-state index in [1.54, 1.807) is 26.4 Å². The highest BCUT2D eigenvalue weighted by molar-refractivity contribution is 6.10. The number of nitrogens with zero attached hydrogens (tertiary/aromatic N) is 4. The molecule has 3 rings (SSSR count). The Labute approximate surface area is 134 Å². The summed E-state index contributed by atoms with van der Waals surface area (Å²) in [5.41, 5.74) is -0.748. The summed E-state index contributed by atoms with van der Waals surface area (Å²) in [6.07, 6.45) is 5.85. The summed E-state index contributed by atoms with van der Waals surface area (Å²) in [4.78, 5) is 40.0. The molecule has 1 aliphatic heterocycles. The number of carbonyl (C=O) groups is 3. The molecule has 4 amide bonds. The summed E-state index contributed by atoms with van der Waals surface area (Å²) in [6.45, 7) is -0.269. The molecule has 124 valence electrons. The molecular weight excluding hydrogens is 298 g/mol. The molecule has 1 N–H and O–H groups in total. The van der Waals surface area contributed by atoms with Gasteiger partial charge in [0, 0.05) is 20.2 Å². The SMILES string of the molecule is CN1C(=O)N(CC(=O)Nc2ccnn2C)C(=O)C12CCCCC2. The first-order valence-corrected chi connectivity index (χ1v) is 7.83. The zero-order valence-corrected chi connectivity index (χ0v) is 13.4. The minimum atomic E-state index is -0.748. The van der Waals surface area contributed by atoms with Gasteiger partial charge in [-0.3, -0.25) is 19.2 Å². The first-order valence-electron chi connectivity index (χ1n) is 7.83. The Morgan fingerprint density at radius 2 is 1.96 bits per heavy atom. The predicted molar refractivity (Wildman–Crippen MR) is 82.5 cm³/mol. The lowest BCUT2D eigenvalue weighted by Crippen LogP contribution is -2.49. The Bertz CT molecular complexity index is 647. The maximum absolute atomic E-state index is 12.8. The number of carbonyl (C=O) groups excluding carboxylic acids is 3. The molecule has 1 aromatic heterocycles. The van der Waals surface area contributed by atoms with E-state index in [9.17, 15) is 14.4 Å². The Hall–Kier alpha value is -2.38. The van der Waals surface area contributed by atoms with Crippen molar-refractivity contribution >= 4 is 23.7 Å². The van der Waals surface area contributed by atoms with Gasteiger partial charge in [-0.15, -0.1) is 0 Å². The fourth-order valence-corrected chi connectivity index (χ4v) is 3.49. The second-order valence-electron chi connectivity index (χ2n) is 6.21. The summed E-state index contributed by atoms with van der Waals surface area (Å²) in [5.74, 6) is -0.128. The van der Waals surface area contributed by atoms with Crippen LogP contribution in [0.3, 0.4) is 0 Å². The molecular formula is C15H21N5O3. The van der Waals surface area contributed by atoms with Crippen molar-refractivity contribution in [1.82, 2.24) is 19.6 Å². The fourth-order valence-electron chi connectivity index (χ4n) is 3.49. The zero-order valence-electron chi connectivity index (χ0n) is 13.4. The van der Waals surface area contributed by atoms with Gasteiger partial charge >= 0.3 is 6.03 Å². The van der Waals surface area contributed by atoms with E-state index < -0.39 is 17.5 Å². The molecule has 8 nitrogen and oxygen atoms in total. The normalized spacial score (nSPS) is 20.4. The van der Waals surface area contributed by atoms with Gasteiger partial charge in [-0.2, -0.15) is 5.10 Å². The molecule has 1 aliphatic carbocycles. The number of nitrogens with one attached hydrogen (secondary N) is 1. The monoisotopic (exact) mass is 319 g/mol. The highest BCUT2D eigenvalue weighted by Crippen LogP contribution is 2.39. The van der Waals surface area contributed by atoms with Crippen LogP contribution in [0.2, 0.25) is 0 Å². The molecule has 8 heteroatoms. The zero-order chi connectivity index (χ0) is 16.6. The minimum Gasteiger partial charge on any atom is -0.313 e. The van der Waals surface area contributed by atoms with E-state index in [0.29, 0.717) is 18.7 Å². The van der Waals surface area contributed by atoms with E-state index in [-0.39, 0.29) is 12.5 Å². The number of imide groups is 1. The molecule has 0 atom stereocenters. The van der Waals surface area contributed by atoms with Crippen molar-refractivity contribution in [1.29, 1.82) is 0 Å². The minimum absolute atomic E-state index is 0.246. The lowest BCUT2D eigenvalue weighted by atomic mass is 9.81. The summed E-state index contributed by atoms with van der Waals surface area (Å²) >= 11 is 0. The lowest BCUT2D eigenvalue weighted by Gasteiger charge is -2.35. The second-order valence-corrected chi connectivity index (χ2v) is 6.21. The molecule has 2 heterocycles. The molecule has 0 aromatic carbocycles. The molecule has 23 heavy (non-hydrogen) atoms. The fraction of sp³-hybridized carbons (Fsp3) is 0.600. The molecule has 0 radical (unpaired) electrons. The molecule has 0 unspecified atom stereocenters. The van der Waals surface area contributed by atoms with Gasteiger partial charge in [0.15, 0.2) is 0 Å². The highest BCUT2D eigenvalue weighted by Gasteiger charge is 2.55. The van der Waals surface area contributed by atoms with Crippen LogP contribution >= 0.6 is 0 Å². The van der Waals surface area contributed by atoms with E-state index in [1.165, 1.54) is 9.58 Å². The van der Waals surface area contributed by atoms with Gasteiger partial charge in [0.1, 0.15) is 17.9 Å². The first kappa shape index (κ1) is 15.5. The van der Waals surface area contributed by atoms with Gasteiger partial charge in [0.25, 0.3) is 5.91 Å². The van der Waals surface area contributed by atoms with E-state index in [1.807, 2.05) is 0 Å². The van der Waals surface area contributed by atoms with Crippen molar-refractivity contribution in [3.8, 4) is 0 Å². The molecule has 2 fully saturated rings. The van der Waals surface area contributed by atoms with Gasteiger partial charge in [0.2, 0.25) is 5.91 Å². The number of hydrogen-bond donors (Lipinski definition) is 1. The van der Waals surface area contributed by atoms with Crippen LogP contribution in [0, 0.1) is 0 Å². The average Bonchev–Trinajstić information content (AvgIpc) is 3.01. The van der Waals surface area contributed by atoms with E-state index in [0.717, 1.165) is 24.2 Å². The average molecular weight is 319 g/mol. The van der Waals surface area contributed by atoms with Gasteiger partial charge in [-0.1, -0.05) is 19.3 Å². The maximum atomic E-state index is 12.8. The number of hydrogen-bond acceptors (Lipinski definition) is 4. The van der Waals surface area contributed by atoms with E-state index in [2.05, 4.69) is 10.4 Å². The standard InChI is InChI=1S/C15H21N5O3/c1-18-14(23)20(13(22)15(18)7-4-3-5-8-15)10-12(21)17-11-6-9-16-19(11)2/h6,9H,3-5,7-8,10H2,1-2H3,(H,17,21). The predicted octanol–water partition coefficient (Wildman–Crippen LogP) is 0.955. The smallest absolute Gasteiger partial charge is 0.313 e. The number of rotatable bonds is 3. The van der Waals surface area contributed by atoms with Crippen LogP contribution in [0.4, 0.5) is 10.6 Å². The van der Waals surface area contributed by atoms with Crippen molar-refractivity contribution in [2.75, 3.05) is 18.9 Å². The topological polar surface area (TPSA) is 87.5 Å². The number of aryl methyl sites for hydroxylation is 1. The van der Waals surface area contributed by atoms with Gasteiger partial charge in [-0.05, 0) is 12.8 Å². The van der Waals surface area contributed by atoms with Crippen LogP contribution in [0.1, 0.15) is 32.1 Å². The summed E-state index contributed by atoms with van der Waals surface area (Å²) in [5, 5.41) is 6.62. The summed E-state index contributed by atoms with van der Waals surface area (Å²) < 4.78 is 1.51. The molecule has 1 spiro atoms. The van der Waals surface area contributed by atoms with Crippen molar-refractivity contribution in [2.45, 2.75) is 37.6 Å². The summed E-state index contributed by atoms with van der Waals surface area (Å²) in [7, 11) is 3.36. The molecule has 1 saturated carbocycles. The van der Waals surface area contributed by atoms with Gasteiger partial charge < -0.3 is 10.2 Å². The van der Waals surface area contributed by atoms with E-state index >= 15 is 0 Å².